The number of imidazole rings is 1. The number of nitrogens with two attached hydrogens (primary N) is 1. The minimum absolute atomic E-state index is 0.00714. The molecule has 11 heteroatoms. The van der Waals surface area contributed by atoms with Crippen LogP contribution in [-0.4, -0.2) is 38.1 Å². The van der Waals surface area contributed by atoms with Crippen LogP contribution in [0.2, 0.25) is 0 Å². The maximum atomic E-state index is 15.3. The molecule has 0 bridgehead atoms. The number of ether oxygens (including phenoxy) is 1. The van der Waals surface area contributed by atoms with Crippen molar-refractivity contribution in [2.75, 3.05) is 7.11 Å². The SMILES string of the molecule is C=CC(F)(F)Cn1c(-c2nc3cc(C(=O)OC)c(F)c(F)c3n2C2CC2)cc2ccc([C@@H](C)N)nc21. The smallest absolute Gasteiger partial charge is 0.341 e. The molecule has 0 aliphatic heterocycles. The van der Waals surface area contributed by atoms with Crippen LogP contribution < -0.4 is 5.73 Å². The zero-order valence-corrected chi connectivity index (χ0v) is 19.6. The summed E-state index contributed by atoms with van der Waals surface area (Å²) in [5.74, 6) is -6.80. The van der Waals surface area contributed by atoms with Crippen molar-refractivity contribution in [1.82, 2.24) is 19.1 Å². The summed E-state index contributed by atoms with van der Waals surface area (Å²) in [6, 6.07) is 5.51. The summed E-state index contributed by atoms with van der Waals surface area (Å²) in [5, 5.41) is 0.547. The van der Waals surface area contributed by atoms with Crippen LogP contribution in [0.15, 0.2) is 36.9 Å². The Morgan fingerprint density at radius 3 is 2.61 bits per heavy atom. The molecule has 0 spiro atoms. The number of hydrogen-bond donors (Lipinski definition) is 1. The highest BCUT2D eigenvalue weighted by atomic mass is 19.3. The zero-order chi connectivity index (χ0) is 25.9. The molecule has 36 heavy (non-hydrogen) atoms. The first-order valence-electron chi connectivity index (χ1n) is 11.3. The topological polar surface area (TPSA) is 88.0 Å². The van der Waals surface area contributed by atoms with Crippen molar-refractivity contribution < 1.29 is 27.1 Å². The molecule has 0 amide bonds. The second-order valence-electron chi connectivity index (χ2n) is 8.97. The number of allylic oxidation sites excluding steroid dienone is 1. The van der Waals surface area contributed by atoms with E-state index < -0.39 is 41.7 Å². The van der Waals surface area contributed by atoms with Crippen molar-refractivity contribution >= 4 is 28.0 Å². The maximum Gasteiger partial charge on any atom is 0.341 e. The lowest BCUT2D eigenvalue weighted by Crippen LogP contribution is -2.22. The van der Waals surface area contributed by atoms with Gasteiger partial charge in [-0.1, -0.05) is 6.58 Å². The number of benzene rings is 1. The fourth-order valence-corrected chi connectivity index (χ4v) is 4.33. The van der Waals surface area contributed by atoms with Gasteiger partial charge in [0.25, 0.3) is 5.92 Å². The molecule has 4 aromatic rings. The molecule has 0 saturated heterocycles. The number of nitrogens with zero attached hydrogens (tertiary/aromatic N) is 4. The van der Waals surface area contributed by atoms with Gasteiger partial charge >= 0.3 is 5.97 Å². The molecule has 1 fully saturated rings. The third-order valence-corrected chi connectivity index (χ3v) is 6.30. The van der Waals surface area contributed by atoms with Crippen LogP contribution in [-0.2, 0) is 11.3 Å². The molecule has 188 valence electrons. The summed E-state index contributed by atoms with van der Waals surface area (Å²) >= 11 is 0. The largest absolute Gasteiger partial charge is 0.465 e. The lowest BCUT2D eigenvalue weighted by atomic mass is 10.1. The highest BCUT2D eigenvalue weighted by Crippen LogP contribution is 2.43. The van der Waals surface area contributed by atoms with Gasteiger partial charge in [-0.05, 0) is 50.1 Å². The maximum absolute atomic E-state index is 15.3. The van der Waals surface area contributed by atoms with Crippen molar-refractivity contribution in [2.24, 2.45) is 5.73 Å². The summed E-state index contributed by atoms with van der Waals surface area (Å²) in [5.41, 5.74) is 6.21. The van der Waals surface area contributed by atoms with Gasteiger partial charge in [0.15, 0.2) is 17.5 Å². The van der Waals surface area contributed by atoms with Crippen LogP contribution in [0.5, 0.6) is 0 Å². The van der Waals surface area contributed by atoms with Crippen LogP contribution in [0.1, 0.15) is 47.9 Å². The molecule has 2 N–H and O–H groups in total. The molecule has 0 unspecified atom stereocenters. The van der Waals surface area contributed by atoms with E-state index in [1.807, 2.05) is 0 Å². The molecular weight excluding hydrogens is 478 g/mol. The van der Waals surface area contributed by atoms with E-state index in [1.165, 1.54) is 9.13 Å². The molecule has 0 radical (unpaired) electrons. The summed E-state index contributed by atoms with van der Waals surface area (Å²) in [6.07, 6.45) is 1.89. The zero-order valence-electron chi connectivity index (χ0n) is 19.6. The molecule has 1 atom stereocenters. The minimum Gasteiger partial charge on any atom is -0.465 e. The number of aromatic nitrogens is 4. The predicted molar refractivity (Wildman–Crippen MR) is 126 cm³/mol. The second-order valence-corrected chi connectivity index (χ2v) is 8.97. The van der Waals surface area contributed by atoms with Gasteiger partial charge in [0.05, 0.1) is 30.6 Å². The van der Waals surface area contributed by atoms with Gasteiger partial charge < -0.3 is 19.6 Å². The Kier molecular flexibility index (Phi) is 5.62. The van der Waals surface area contributed by atoms with E-state index in [-0.39, 0.29) is 34.2 Å². The number of halogens is 4. The quantitative estimate of drug-likeness (QED) is 0.211. The number of alkyl halides is 2. The molecular formula is C25H23F4N5O2. The van der Waals surface area contributed by atoms with Crippen LogP contribution in [0.3, 0.4) is 0 Å². The first-order chi connectivity index (χ1) is 17.1. The Hall–Kier alpha value is -3.73. The third-order valence-electron chi connectivity index (χ3n) is 6.30. The van der Waals surface area contributed by atoms with E-state index >= 15 is 4.39 Å². The average molecular weight is 501 g/mol. The van der Waals surface area contributed by atoms with Gasteiger partial charge in [0.1, 0.15) is 16.7 Å². The van der Waals surface area contributed by atoms with E-state index in [4.69, 9.17) is 5.73 Å². The molecule has 1 aliphatic carbocycles. The molecule has 3 aromatic heterocycles. The number of carbonyl (C=O) groups excluding carboxylic acids is 1. The number of rotatable bonds is 7. The van der Waals surface area contributed by atoms with Gasteiger partial charge in [-0.25, -0.2) is 32.3 Å². The van der Waals surface area contributed by atoms with E-state index in [1.54, 1.807) is 25.1 Å². The fourth-order valence-electron chi connectivity index (χ4n) is 4.33. The normalized spacial score (nSPS) is 15.0. The highest BCUT2D eigenvalue weighted by Gasteiger charge is 2.35. The Labute approximate surface area is 203 Å². The van der Waals surface area contributed by atoms with Crippen LogP contribution >= 0.6 is 0 Å². The number of pyridine rings is 1. The first kappa shape index (κ1) is 24.0. The van der Waals surface area contributed by atoms with Gasteiger partial charge in [0.2, 0.25) is 0 Å². The Balaban J connectivity index is 1.83. The van der Waals surface area contributed by atoms with E-state index in [0.717, 1.165) is 13.2 Å². The Morgan fingerprint density at radius 2 is 2.00 bits per heavy atom. The first-order valence-corrected chi connectivity index (χ1v) is 11.3. The molecule has 1 saturated carbocycles. The van der Waals surface area contributed by atoms with E-state index in [9.17, 15) is 18.0 Å². The van der Waals surface area contributed by atoms with E-state index in [0.29, 0.717) is 30.0 Å². The van der Waals surface area contributed by atoms with Gasteiger partial charge in [-0.15, -0.1) is 0 Å². The fraction of sp³-hybridized carbons (Fsp3) is 0.320. The van der Waals surface area contributed by atoms with Crippen molar-refractivity contribution in [3.05, 3.63) is 59.8 Å². The predicted octanol–water partition coefficient (Wildman–Crippen LogP) is 5.29. The number of esters is 1. The summed E-state index contributed by atoms with van der Waals surface area (Å²) < 4.78 is 66.7. The van der Waals surface area contributed by atoms with Gasteiger partial charge in [0, 0.05) is 17.5 Å². The lowest BCUT2D eigenvalue weighted by Gasteiger charge is -2.17. The minimum atomic E-state index is -3.29. The standard InChI is InChI=1S/C25H23F4N5O2/c1-4-25(28,29)11-33-18(9-13-5-8-16(12(2)30)31-22(13)33)23-32-17-10-15(24(35)36-3)19(26)20(27)21(17)34(23)14-6-7-14/h4-5,8-10,12,14H,1,6-7,11,30H2,2-3H3/t12-/m1/s1. The lowest BCUT2D eigenvalue weighted by molar-refractivity contribution is 0.0379. The second kappa shape index (κ2) is 8.44. The Morgan fingerprint density at radius 1 is 1.28 bits per heavy atom. The Bertz CT molecular complexity index is 1540. The van der Waals surface area contributed by atoms with Crippen LogP contribution in [0, 0.1) is 11.6 Å². The molecule has 3 heterocycles. The summed E-state index contributed by atoms with van der Waals surface area (Å²) in [6.45, 7) is 4.15. The van der Waals surface area contributed by atoms with Crippen LogP contribution in [0.4, 0.5) is 17.6 Å². The van der Waals surface area contributed by atoms with Gasteiger partial charge in [-0.2, -0.15) is 0 Å². The number of carbonyl (C=O) groups is 1. The number of fused-ring (bicyclic) bond motifs is 2. The monoisotopic (exact) mass is 501 g/mol. The van der Waals surface area contributed by atoms with Crippen LogP contribution in [0.25, 0.3) is 33.6 Å². The van der Waals surface area contributed by atoms with Crippen molar-refractivity contribution in [1.29, 1.82) is 0 Å². The average Bonchev–Trinajstić information content (AvgIpc) is 3.53. The van der Waals surface area contributed by atoms with Crippen molar-refractivity contribution in [3.63, 3.8) is 0 Å². The van der Waals surface area contributed by atoms with Crippen molar-refractivity contribution in [2.45, 2.75) is 44.3 Å². The number of methoxy groups -OCH3 is 1. The highest BCUT2D eigenvalue weighted by molar-refractivity contribution is 5.95. The summed E-state index contributed by atoms with van der Waals surface area (Å²) in [4.78, 5) is 21.0. The molecule has 7 nitrogen and oxygen atoms in total. The molecule has 1 aliphatic rings. The number of hydrogen-bond acceptors (Lipinski definition) is 5. The molecule has 5 rings (SSSR count). The van der Waals surface area contributed by atoms with Gasteiger partial charge in [-0.3, -0.25) is 0 Å². The van der Waals surface area contributed by atoms with E-state index in [2.05, 4.69) is 21.3 Å². The summed E-state index contributed by atoms with van der Waals surface area (Å²) in [7, 11) is 1.06. The molecule has 1 aromatic carbocycles. The third kappa shape index (κ3) is 3.83. The van der Waals surface area contributed by atoms with Crippen molar-refractivity contribution in [3.8, 4) is 11.5 Å².